The van der Waals surface area contributed by atoms with Gasteiger partial charge < -0.3 is 5.73 Å². The van der Waals surface area contributed by atoms with E-state index in [4.69, 9.17) is 17.3 Å². The smallest absolute Gasteiger partial charge is 0.397 e. The van der Waals surface area contributed by atoms with Crippen LogP contribution in [0.25, 0.3) is 0 Å². The van der Waals surface area contributed by atoms with Crippen molar-refractivity contribution in [3.8, 4) is 0 Å². The van der Waals surface area contributed by atoms with Crippen LogP contribution in [-0.2, 0) is 6.18 Å². The standard InChI is InChI=1S/C11H7ClF3N3OS/c12-7-4-5(3-6(8(7)16)11(13,14)15)9(19)18-10-17-1-2-20-10/h1-4H,16H2,(H,17,18,19). The molecule has 0 aliphatic carbocycles. The lowest BCUT2D eigenvalue weighted by molar-refractivity contribution is -0.136. The number of halogens is 4. The molecule has 1 amide bonds. The lowest BCUT2D eigenvalue weighted by atomic mass is 10.1. The summed E-state index contributed by atoms with van der Waals surface area (Å²) in [6, 6.07) is 1.74. The number of nitrogen functional groups attached to an aromatic ring is 1. The molecule has 0 bridgehead atoms. The third-order valence-electron chi connectivity index (χ3n) is 2.35. The summed E-state index contributed by atoms with van der Waals surface area (Å²) in [6.07, 6.45) is -3.23. The number of hydrogen-bond donors (Lipinski definition) is 2. The number of amides is 1. The van der Waals surface area contributed by atoms with E-state index in [-0.39, 0.29) is 15.7 Å². The number of nitrogens with zero attached hydrogens (tertiary/aromatic N) is 1. The van der Waals surface area contributed by atoms with E-state index in [9.17, 15) is 18.0 Å². The molecule has 0 radical (unpaired) electrons. The number of benzene rings is 1. The number of carbonyl (C=O) groups is 1. The first-order valence-electron chi connectivity index (χ1n) is 5.16. The lowest BCUT2D eigenvalue weighted by Gasteiger charge is -2.13. The van der Waals surface area contributed by atoms with Crippen LogP contribution in [0.2, 0.25) is 5.02 Å². The summed E-state index contributed by atoms with van der Waals surface area (Å²) < 4.78 is 38.3. The Morgan fingerprint density at radius 1 is 1.40 bits per heavy atom. The number of rotatable bonds is 2. The lowest BCUT2D eigenvalue weighted by Crippen LogP contribution is -2.15. The van der Waals surface area contributed by atoms with Crippen molar-refractivity contribution in [2.75, 3.05) is 11.1 Å². The number of alkyl halides is 3. The van der Waals surface area contributed by atoms with E-state index in [2.05, 4.69) is 10.3 Å². The summed E-state index contributed by atoms with van der Waals surface area (Å²) in [6.45, 7) is 0. The summed E-state index contributed by atoms with van der Waals surface area (Å²) in [5, 5.41) is 3.93. The van der Waals surface area contributed by atoms with Crippen LogP contribution in [0.4, 0.5) is 24.0 Å². The quantitative estimate of drug-likeness (QED) is 0.830. The van der Waals surface area contributed by atoms with Crippen LogP contribution in [0.5, 0.6) is 0 Å². The molecule has 1 aromatic carbocycles. The van der Waals surface area contributed by atoms with Crippen molar-refractivity contribution in [2.45, 2.75) is 6.18 Å². The molecule has 0 aliphatic rings. The first-order chi connectivity index (χ1) is 9.29. The van der Waals surface area contributed by atoms with Crippen LogP contribution in [0, 0.1) is 0 Å². The number of aromatic nitrogens is 1. The molecule has 0 unspecified atom stereocenters. The zero-order valence-corrected chi connectivity index (χ0v) is 11.2. The fourth-order valence-corrected chi connectivity index (χ4v) is 2.18. The normalized spacial score (nSPS) is 11.4. The van der Waals surface area contributed by atoms with Gasteiger partial charge >= 0.3 is 6.18 Å². The van der Waals surface area contributed by atoms with Gasteiger partial charge in [-0.05, 0) is 12.1 Å². The summed E-state index contributed by atoms with van der Waals surface area (Å²) in [5.74, 6) is -0.743. The largest absolute Gasteiger partial charge is 0.418 e. The van der Waals surface area contributed by atoms with Gasteiger partial charge in [-0.1, -0.05) is 11.6 Å². The molecular weight excluding hydrogens is 315 g/mol. The topological polar surface area (TPSA) is 68.0 Å². The molecule has 1 aromatic heterocycles. The average molecular weight is 322 g/mol. The Hall–Kier alpha value is -1.80. The molecular formula is C11H7ClF3N3OS. The van der Waals surface area contributed by atoms with Crippen molar-refractivity contribution in [3.05, 3.63) is 39.9 Å². The molecule has 2 aromatic rings. The molecule has 0 atom stereocenters. The maximum absolute atomic E-state index is 12.8. The molecule has 106 valence electrons. The van der Waals surface area contributed by atoms with Crippen LogP contribution in [0.1, 0.15) is 15.9 Å². The van der Waals surface area contributed by atoms with E-state index in [1.54, 1.807) is 5.38 Å². The van der Waals surface area contributed by atoms with Crippen LogP contribution in [0.3, 0.4) is 0 Å². The molecule has 0 fully saturated rings. The van der Waals surface area contributed by atoms with Gasteiger partial charge in [-0.25, -0.2) is 4.98 Å². The van der Waals surface area contributed by atoms with Gasteiger partial charge in [0.15, 0.2) is 5.13 Å². The van der Waals surface area contributed by atoms with E-state index in [1.807, 2.05) is 0 Å². The predicted molar refractivity (Wildman–Crippen MR) is 70.9 cm³/mol. The SMILES string of the molecule is Nc1c(Cl)cc(C(=O)Nc2nccs2)cc1C(F)(F)F. The van der Waals surface area contributed by atoms with E-state index in [0.29, 0.717) is 6.07 Å². The molecule has 1 heterocycles. The minimum absolute atomic E-state index is 0.244. The first-order valence-corrected chi connectivity index (χ1v) is 6.42. The Morgan fingerprint density at radius 3 is 2.65 bits per heavy atom. The van der Waals surface area contributed by atoms with Crippen molar-refractivity contribution in [2.24, 2.45) is 0 Å². The summed E-state index contributed by atoms with van der Waals surface area (Å²) >= 11 is 6.77. The van der Waals surface area contributed by atoms with Crippen LogP contribution < -0.4 is 11.1 Å². The molecule has 2 rings (SSSR count). The van der Waals surface area contributed by atoms with Crippen molar-refractivity contribution in [1.29, 1.82) is 0 Å². The van der Waals surface area contributed by atoms with Gasteiger partial charge in [-0.3, -0.25) is 10.1 Å². The molecule has 3 N–H and O–H groups in total. The zero-order chi connectivity index (χ0) is 14.9. The summed E-state index contributed by atoms with van der Waals surface area (Å²) in [5.41, 5.74) is 3.29. The third-order valence-corrected chi connectivity index (χ3v) is 3.35. The Balaban J connectivity index is 2.37. The van der Waals surface area contributed by atoms with Crippen LogP contribution in [-0.4, -0.2) is 10.9 Å². The van der Waals surface area contributed by atoms with Crippen molar-refractivity contribution in [1.82, 2.24) is 4.98 Å². The van der Waals surface area contributed by atoms with E-state index >= 15 is 0 Å². The van der Waals surface area contributed by atoms with Crippen molar-refractivity contribution >= 4 is 39.7 Å². The fraction of sp³-hybridized carbons (Fsp3) is 0.0909. The molecule has 0 aliphatic heterocycles. The Kier molecular flexibility index (Phi) is 3.87. The molecule has 4 nitrogen and oxygen atoms in total. The second-order valence-corrected chi connectivity index (χ2v) is 5.01. The maximum atomic E-state index is 12.8. The number of thiazole rings is 1. The highest BCUT2D eigenvalue weighted by atomic mass is 35.5. The fourth-order valence-electron chi connectivity index (χ4n) is 1.44. The van der Waals surface area contributed by atoms with Crippen molar-refractivity contribution in [3.63, 3.8) is 0 Å². The van der Waals surface area contributed by atoms with Gasteiger partial charge in [0.25, 0.3) is 5.91 Å². The molecule has 20 heavy (non-hydrogen) atoms. The Labute approximate surface area is 120 Å². The maximum Gasteiger partial charge on any atom is 0.418 e. The monoisotopic (exact) mass is 321 g/mol. The minimum atomic E-state index is -4.69. The van der Waals surface area contributed by atoms with Crippen LogP contribution in [0.15, 0.2) is 23.7 Å². The van der Waals surface area contributed by atoms with E-state index in [1.165, 1.54) is 6.20 Å². The van der Waals surface area contributed by atoms with Crippen molar-refractivity contribution < 1.29 is 18.0 Å². The Morgan fingerprint density at radius 2 is 2.10 bits per heavy atom. The summed E-state index contributed by atoms with van der Waals surface area (Å²) in [4.78, 5) is 15.6. The van der Waals surface area contributed by atoms with Gasteiger partial charge in [-0.2, -0.15) is 13.2 Å². The van der Waals surface area contributed by atoms with Gasteiger partial charge in [0, 0.05) is 17.1 Å². The van der Waals surface area contributed by atoms with E-state index in [0.717, 1.165) is 17.4 Å². The second kappa shape index (κ2) is 5.29. The molecule has 0 saturated carbocycles. The molecule has 0 saturated heterocycles. The third kappa shape index (κ3) is 3.02. The molecule has 9 heteroatoms. The zero-order valence-electron chi connectivity index (χ0n) is 9.66. The van der Waals surface area contributed by atoms with Gasteiger partial charge in [-0.15, -0.1) is 11.3 Å². The number of hydrogen-bond acceptors (Lipinski definition) is 4. The van der Waals surface area contributed by atoms with Gasteiger partial charge in [0.1, 0.15) is 0 Å². The van der Waals surface area contributed by atoms with Gasteiger partial charge in [0.2, 0.25) is 0 Å². The predicted octanol–water partition coefficient (Wildman–Crippen LogP) is 3.65. The summed E-state index contributed by atoms with van der Waals surface area (Å²) in [7, 11) is 0. The second-order valence-electron chi connectivity index (χ2n) is 3.71. The number of carbonyl (C=O) groups excluding carboxylic acids is 1. The number of nitrogens with one attached hydrogen (secondary N) is 1. The Bertz CT molecular complexity index is 643. The highest BCUT2D eigenvalue weighted by Gasteiger charge is 2.34. The highest BCUT2D eigenvalue weighted by molar-refractivity contribution is 7.13. The average Bonchev–Trinajstić information content (AvgIpc) is 2.83. The van der Waals surface area contributed by atoms with E-state index < -0.39 is 23.3 Å². The highest BCUT2D eigenvalue weighted by Crippen LogP contribution is 2.37. The van der Waals surface area contributed by atoms with Crippen LogP contribution >= 0.6 is 22.9 Å². The minimum Gasteiger partial charge on any atom is -0.397 e. The first kappa shape index (κ1) is 14.6. The number of nitrogens with two attached hydrogens (primary N) is 1. The molecule has 0 spiro atoms. The number of anilines is 2. The van der Waals surface area contributed by atoms with Gasteiger partial charge in [0.05, 0.1) is 16.3 Å².